The second kappa shape index (κ2) is 14.8. The molecule has 0 saturated heterocycles. The quantitative estimate of drug-likeness (QED) is 0.335. The molecule has 0 fully saturated rings. The third-order valence-corrected chi connectivity index (χ3v) is 2.26. The third-order valence-electron chi connectivity index (χ3n) is 2.26. The molecule has 0 aliphatic carbocycles. The van der Waals surface area contributed by atoms with Crippen molar-refractivity contribution in [1.82, 2.24) is 5.32 Å². The van der Waals surface area contributed by atoms with Gasteiger partial charge in [0.25, 0.3) is 0 Å². The number of carboxylic acid groups (broad SMARTS) is 2. The average Bonchev–Trinajstić information content (AvgIpc) is 2.23. The van der Waals surface area contributed by atoms with E-state index in [0.717, 1.165) is 12.8 Å². The molecule has 0 rings (SSSR count). The van der Waals surface area contributed by atoms with E-state index in [0.29, 0.717) is 6.42 Å². The van der Waals surface area contributed by atoms with Crippen LogP contribution < -0.4 is 74.6 Å². The number of carbonyl (C=O) groups excluding carboxylic acids is 3. The van der Waals surface area contributed by atoms with Gasteiger partial charge in [-0.15, -0.1) is 0 Å². The number of unbranched alkanes of at least 4 members (excludes halogenated alkanes) is 2. The van der Waals surface area contributed by atoms with Crippen molar-refractivity contribution in [3.8, 4) is 0 Å². The smallest absolute Gasteiger partial charge is 0.550 e. The fraction of sp³-hybridized carbons (Fsp3) is 0.727. The van der Waals surface area contributed by atoms with E-state index in [9.17, 15) is 24.6 Å². The van der Waals surface area contributed by atoms with Gasteiger partial charge in [-0.1, -0.05) is 19.8 Å². The zero-order chi connectivity index (χ0) is 13.3. The molecule has 0 aliphatic rings. The Hall–Kier alpha value is 0.410. The van der Waals surface area contributed by atoms with Gasteiger partial charge in [0, 0.05) is 12.4 Å². The van der Waals surface area contributed by atoms with Gasteiger partial charge in [0.2, 0.25) is 5.91 Å². The van der Waals surface area contributed by atoms with E-state index in [-0.39, 0.29) is 72.0 Å². The summed E-state index contributed by atoms with van der Waals surface area (Å²) in [4.78, 5) is 32.1. The van der Waals surface area contributed by atoms with Crippen LogP contribution in [0.15, 0.2) is 0 Å². The Balaban J connectivity index is -0.00000128. The first-order chi connectivity index (χ1) is 7.97. The largest absolute Gasteiger partial charge is 1.00 e. The topological polar surface area (TPSA) is 109 Å². The van der Waals surface area contributed by atoms with Crippen molar-refractivity contribution in [2.75, 3.05) is 0 Å². The molecular weight excluding hydrogens is 272 g/mol. The van der Waals surface area contributed by atoms with Crippen molar-refractivity contribution < 1.29 is 83.7 Å². The monoisotopic (exact) mass is 289 g/mol. The predicted molar refractivity (Wildman–Crippen MR) is 55.3 cm³/mol. The van der Waals surface area contributed by atoms with Gasteiger partial charge in [0.1, 0.15) is 0 Å². The minimum Gasteiger partial charge on any atom is -0.550 e. The van der Waals surface area contributed by atoms with Crippen LogP contribution in [0.5, 0.6) is 0 Å². The van der Waals surface area contributed by atoms with E-state index >= 15 is 0 Å². The number of carboxylic acids is 2. The third kappa shape index (κ3) is 14.6. The van der Waals surface area contributed by atoms with Gasteiger partial charge in [0.05, 0.1) is 12.0 Å². The summed E-state index contributed by atoms with van der Waals surface area (Å²) in [6.07, 6.45) is 2.13. The molecule has 0 bridgehead atoms. The Morgan fingerprint density at radius 1 is 1.05 bits per heavy atom. The van der Waals surface area contributed by atoms with Crippen LogP contribution in [-0.4, -0.2) is 23.9 Å². The summed E-state index contributed by atoms with van der Waals surface area (Å²) in [6.45, 7) is 1.99. The van der Waals surface area contributed by atoms with Crippen molar-refractivity contribution in [1.29, 1.82) is 0 Å². The first-order valence-electron chi connectivity index (χ1n) is 5.67. The molecule has 0 unspecified atom stereocenters. The SMILES string of the molecule is CCCCCC(=O)N[C@@H](CCC(=O)[O-])C(=O)[O-].[Na+].[Na+]. The normalized spacial score (nSPS) is 10.6. The van der Waals surface area contributed by atoms with Gasteiger partial charge in [-0.25, -0.2) is 0 Å². The summed E-state index contributed by atoms with van der Waals surface area (Å²) in [7, 11) is 0. The minimum absolute atomic E-state index is 0. The molecule has 0 saturated carbocycles. The number of rotatable bonds is 9. The standard InChI is InChI=1S/C11H19NO5.2Na/c1-2-3-4-5-9(13)12-8(11(16)17)6-7-10(14)15;;/h8H,2-7H2,1H3,(H,12,13)(H,14,15)(H,16,17);;/q;2*+1/p-2/t8-;;/m0../s1. The molecule has 19 heavy (non-hydrogen) atoms. The molecule has 0 spiro atoms. The van der Waals surface area contributed by atoms with Crippen molar-refractivity contribution in [2.45, 2.75) is 51.5 Å². The molecule has 6 nitrogen and oxygen atoms in total. The number of hydrogen-bond donors (Lipinski definition) is 1. The first-order valence-corrected chi connectivity index (χ1v) is 5.67. The Kier molecular flexibility index (Phi) is 19.0. The van der Waals surface area contributed by atoms with E-state index in [4.69, 9.17) is 0 Å². The van der Waals surface area contributed by atoms with Gasteiger partial charge in [-0.3, -0.25) is 4.79 Å². The van der Waals surface area contributed by atoms with Crippen LogP contribution in [0.2, 0.25) is 0 Å². The van der Waals surface area contributed by atoms with Crippen LogP contribution in [0.3, 0.4) is 0 Å². The molecular formula is C11H17NNa2O5. The van der Waals surface area contributed by atoms with Crippen molar-refractivity contribution in [2.24, 2.45) is 0 Å². The van der Waals surface area contributed by atoms with Gasteiger partial charge < -0.3 is 25.1 Å². The summed E-state index contributed by atoms with van der Waals surface area (Å²) < 4.78 is 0. The van der Waals surface area contributed by atoms with Crippen LogP contribution in [0.25, 0.3) is 0 Å². The Morgan fingerprint density at radius 2 is 1.63 bits per heavy atom. The number of aliphatic carboxylic acids is 2. The molecule has 1 N–H and O–H groups in total. The van der Waals surface area contributed by atoms with E-state index < -0.39 is 30.3 Å². The van der Waals surface area contributed by atoms with Crippen molar-refractivity contribution >= 4 is 17.8 Å². The van der Waals surface area contributed by atoms with Crippen molar-refractivity contribution in [3.05, 3.63) is 0 Å². The van der Waals surface area contributed by atoms with Crippen LogP contribution in [0, 0.1) is 0 Å². The van der Waals surface area contributed by atoms with Crippen molar-refractivity contribution in [3.63, 3.8) is 0 Å². The second-order valence-electron chi connectivity index (χ2n) is 3.81. The molecule has 0 aromatic rings. The zero-order valence-electron chi connectivity index (χ0n) is 11.9. The number of hydrogen-bond acceptors (Lipinski definition) is 5. The van der Waals surface area contributed by atoms with Crippen LogP contribution in [-0.2, 0) is 14.4 Å². The van der Waals surface area contributed by atoms with E-state index in [2.05, 4.69) is 5.32 Å². The fourth-order valence-electron chi connectivity index (χ4n) is 1.31. The number of carbonyl (C=O) groups is 3. The summed E-state index contributed by atoms with van der Waals surface area (Å²) >= 11 is 0. The molecule has 0 heterocycles. The van der Waals surface area contributed by atoms with E-state index in [1.807, 2.05) is 6.92 Å². The zero-order valence-corrected chi connectivity index (χ0v) is 15.9. The van der Waals surface area contributed by atoms with E-state index in [1.54, 1.807) is 0 Å². The van der Waals surface area contributed by atoms with E-state index in [1.165, 1.54) is 0 Å². The maximum absolute atomic E-state index is 11.3. The Bertz CT molecular complexity index is 286. The second-order valence-corrected chi connectivity index (χ2v) is 3.81. The molecule has 1 atom stereocenters. The molecule has 1 amide bonds. The van der Waals surface area contributed by atoms with Crippen LogP contribution in [0.4, 0.5) is 0 Å². The maximum atomic E-state index is 11.3. The summed E-state index contributed by atoms with van der Waals surface area (Å²) in [5, 5.41) is 23.1. The van der Waals surface area contributed by atoms with Gasteiger partial charge in [0.15, 0.2) is 0 Å². The molecule has 98 valence electrons. The van der Waals surface area contributed by atoms with Gasteiger partial charge in [-0.2, -0.15) is 0 Å². The minimum atomic E-state index is -1.48. The maximum Gasteiger partial charge on any atom is 1.00 e. The molecule has 0 aliphatic heterocycles. The van der Waals surface area contributed by atoms with Crippen LogP contribution >= 0.6 is 0 Å². The van der Waals surface area contributed by atoms with Gasteiger partial charge in [-0.05, 0) is 19.3 Å². The summed E-state index contributed by atoms with van der Waals surface area (Å²) in [5.41, 5.74) is 0. The molecule has 0 aromatic heterocycles. The summed E-state index contributed by atoms with van der Waals surface area (Å²) in [6, 6.07) is -1.26. The first kappa shape index (κ1) is 24.4. The summed E-state index contributed by atoms with van der Waals surface area (Å²) in [5.74, 6) is -3.22. The van der Waals surface area contributed by atoms with Crippen LogP contribution in [0.1, 0.15) is 45.4 Å². The molecule has 0 radical (unpaired) electrons. The number of amides is 1. The predicted octanol–water partition coefficient (Wildman–Crippen LogP) is -7.66. The molecule has 0 aromatic carbocycles. The Morgan fingerprint density at radius 3 is 2.05 bits per heavy atom. The molecule has 8 heteroatoms. The Labute approximate surface area is 157 Å². The van der Waals surface area contributed by atoms with Gasteiger partial charge >= 0.3 is 59.1 Å². The number of nitrogens with one attached hydrogen (secondary N) is 1. The average molecular weight is 289 g/mol. The fourth-order valence-corrected chi connectivity index (χ4v) is 1.31.